The number of benzene rings is 2. The molecule has 0 saturated heterocycles. The fraction of sp³-hybridized carbons (Fsp3) is 0.188. The van der Waals surface area contributed by atoms with E-state index in [1.54, 1.807) is 6.07 Å². The quantitative estimate of drug-likeness (QED) is 0.687. The molecule has 0 aliphatic rings. The van der Waals surface area contributed by atoms with E-state index in [4.69, 9.17) is 10.5 Å². The van der Waals surface area contributed by atoms with Crippen molar-refractivity contribution in [2.75, 3.05) is 24.8 Å². The minimum atomic E-state index is -0.422. The summed E-state index contributed by atoms with van der Waals surface area (Å²) in [6, 6.07) is 13.6. The van der Waals surface area contributed by atoms with Crippen molar-refractivity contribution in [3.05, 3.63) is 53.6 Å². The SMILES string of the molecule is COC(=O)c1cc(N(C)c2ccccc2)cc(C)c1N. The number of anilines is 3. The van der Waals surface area contributed by atoms with E-state index in [0.717, 1.165) is 16.9 Å². The van der Waals surface area contributed by atoms with Gasteiger partial charge in [0.15, 0.2) is 0 Å². The van der Waals surface area contributed by atoms with Crippen LogP contribution >= 0.6 is 0 Å². The van der Waals surface area contributed by atoms with Crippen LogP contribution < -0.4 is 10.6 Å². The highest BCUT2D eigenvalue weighted by atomic mass is 16.5. The maximum Gasteiger partial charge on any atom is 0.340 e. The van der Waals surface area contributed by atoms with Crippen molar-refractivity contribution in [1.82, 2.24) is 0 Å². The summed E-state index contributed by atoms with van der Waals surface area (Å²) in [6.07, 6.45) is 0. The van der Waals surface area contributed by atoms with Crippen LogP contribution in [0.1, 0.15) is 15.9 Å². The van der Waals surface area contributed by atoms with Crippen molar-refractivity contribution in [3.63, 3.8) is 0 Å². The number of nitrogens with zero attached hydrogens (tertiary/aromatic N) is 1. The molecule has 4 nitrogen and oxygen atoms in total. The first-order valence-electron chi connectivity index (χ1n) is 6.31. The lowest BCUT2D eigenvalue weighted by molar-refractivity contribution is 0.0602. The van der Waals surface area contributed by atoms with Gasteiger partial charge in [-0.1, -0.05) is 18.2 Å². The Labute approximate surface area is 118 Å². The number of ether oxygens (including phenoxy) is 1. The predicted octanol–water partition coefficient (Wildman–Crippen LogP) is 3.13. The number of nitrogen functional groups attached to an aromatic ring is 1. The summed E-state index contributed by atoms with van der Waals surface area (Å²) in [7, 11) is 3.30. The molecule has 0 spiro atoms. The number of hydrogen-bond acceptors (Lipinski definition) is 4. The highest BCUT2D eigenvalue weighted by molar-refractivity contribution is 5.97. The molecule has 0 aliphatic carbocycles. The molecule has 2 aromatic rings. The second kappa shape index (κ2) is 5.65. The highest BCUT2D eigenvalue weighted by Gasteiger charge is 2.15. The van der Waals surface area contributed by atoms with Crippen molar-refractivity contribution in [2.24, 2.45) is 0 Å². The lowest BCUT2D eigenvalue weighted by Gasteiger charge is -2.21. The molecular formula is C16H18N2O2. The number of carbonyl (C=O) groups excluding carboxylic acids is 1. The Morgan fingerprint density at radius 3 is 2.40 bits per heavy atom. The van der Waals surface area contributed by atoms with Crippen LogP contribution in [0.2, 0.25) is 0 Å². The molecule has 4 heteroatoms. The van der Waals surface area contributed by atoms with Crippen molar-refractivity contribution in [1.29, 1.82) is 0 Å². The number of rotatable bonds is 3. The largest absolute Gasteiger partial charge is 0.465 e. The molecule has 0 atom stereocenters. The number of methoxy groups -OCH3 is 1. The molecule has 0 aliphatic heterocycles. The van der Waals surface area contributed by atoms with E-state index < -0.39 is 5.97 Å². The van der Waals surface area contributed by atoms with Crippen LogP contribution in [0.25, 0.3) is 0 Å². The maximum absolute atomic E-state index is 11.8. The summed E-state index contributed by atoms with van der Waals surface area (Å²) in [5.41, 5.74) is 9.58. The summed E-state index contributed by atoms with van der Waals surface area (Å²) in [5.74, 6) is -0.422. The summed E-state index contributed by atoms with van der Waals surface area (Å²) in [5, 5.41) is 0. The molecule has 2 N–H and O–H groups in total. The van der Waals surface area contributed by atoms with Crippen LogP contribution in [0.4, 0.5) is 17.1 Å². The number of para-hydroxylation sites is 1. The van der Waals surface area contributed by atoms with Gasteiger partial charge in [-0.15, -0.1) is 0 Å². The van der Waals surface area contributed by atoms with Gasteiger partial charge in [0.25, 0.3) is 0 Å². The Bertz CT molecular complexity index is 624. The number of carbonyl (C=O) groups is 1. The van der Waals surface area contributed by atoms with Gasteiger partial charge in [-0.2, -0.15) is 0 Å². The Morgan fingerprint density at radius 1 is 1.15 bits per heavy atom. The van der Waals surface area contributed by atoms with E-state index in [2.05, 4.69) is 0 Å². The molecular weight excluding hydrogens is 252 g/mol. The third-order valence-corrected chi connectivity index (χ3v) is 3.31. The smallest absolute Gasteiger partial charge is 0.340 e. The average Bonchev–Trinajstić information content (AvgIpc) is 2.49. The molecule has 0 aromatic heterocycles. The van der Waals surface area contributed by atoms with Crippen LogP contribution in [0.3, 0.4) is 0 Å². The molecule has 0 bridgehead atoms. The molecule has 0 fully saturated rings. The van der Waals surface area contributed by atoms with Gasteiger partial charge in [-0.3, -0.25) is 0 Å². The van der Waals surface area contributed by atoms with Crippen molar-refractivity contribution in [3.8, 4) is 0 Å². The van der Waals surface area contributed by atoms with Gasteiger partial charge in [0.1, 0.15) is 0 Å². The topological polar surface area (TPSA) is 55.6 Å². The third-order valence-electron chi connectivity index (χ3n) is 3.31. The zero-order valence-electron chi connectivity index (χ0n) is 11.9. The Morgan fingerprint density at radius 2 is 1.80 bits per heavy atom. The summed E-state index contributed by atoms with van der Waals surface area (Å²) in [6.45, 7) is 1.88. The maximum atomic E-state index is 11.8. The third kappa shape index (κ3) is 2.59. The summed E-state index contributed by atoms with van der Waals surface area (Å²) >= 11 is 0. The fourth-order valence-electron chi connectivity index (χ4n) is 2.05. The standard InChI is InChI=1S/C16H18N2O2/c1-11-9-13(10-14(15(11)17)16(19)20-3)18(2)12-7-5-4-6-8-12/h4-10H,17H2,1-3H3. The first-order valence-corrected chi connectivity index (χ1v) is 6.31. The summed E-state index contributed by atoms with van der Waals surface area (Å²) in [4.78, 5) is 13.8. The molecule has 0 heterocycles. The van der Waals surface area contributed by atoms with Gasteiger partial charge in [0, 0.05) is 24.1 Å². The second-order valence-electron chi connectivity index (χ2n) is 4.61. The highest BCUT2D eigenvalue weighted by Crippen LogP contribution is 2.29. The Balaban J connectivity index is 2.48. The Kier molecular flexibility index (Phi) is 3.94. The van der Waals surface area contributed by atoms with Gasteiger partial charge in [-0.25, -0.2) is 4.79 Å². The first kappa shape index (κ1) is 13.9. The van der Waals surface area contributed by atoms with Crippen molar-refractivity contribution in [2.45, 2.75) is 6.92 Å². The number of aryl methyl sites for hydroxylation is 1. The molecule has 2 aromatic carbocycles. The van der Waals surface area contributed by atoms with Gasteiger partial charge in [0.05, 0.1) is 12.7 Å². The minimum absolute atomic E-state index is 0.394. The van der Waals surface area contributed by atoms with Crippen LogP contribution in [0, 0.1) is 6.92 Å². The molecule has 0 saturated carbocycles. The zero-order chi connectivity index (χ0) is 14.7. The summed E-state index contributed by atoms with van der Waals surface area (Å²) < 4.78 is 4.78. The van der Waals surface area contributed by atoms with Gasteiger partial charge >= 0.3 is 5.97 Å². The molecule has 20 heavy (non-hydrogen) atoms. The number of hydrogen-bond donors (Lipinski definition) is 1. The van der Waals surface area contributed by atoms with E-state index in [-0.39, 0.29) is 0 Å². The molecule has 0 unspecified atom stereocenters. The minimum Gasteiger partial charge on any atom is -0.465 e. The second-order valence-corrected chi connectivity index (χ2v) is 4.61. The fourth-order valence-corrected chi connectivity index (χ4v) is 2.05. The van der Waals surface area contributed by atoms with Gasteiger partial charge in [-0.05, 0) is 36.8 Å². The lowest BCUT2D eigenvalue weighted by Crippen LogP contribution is -2.13. The van der Waals surface area contributed by atoms with E-state index >= 15 is 0 Å². The average molecular weight is 270 g/mol. The first-order chi connectivity index (χ1) is 9.54. The van der Waals surface area contributed by atoms with E-state index in [9.17, 15) is 4.79 Å². The molecule has 0 radical (unpaired) electrons. The van der Waals surface area contributed by atoms with E-state index in [0.29, 0.717) is 11.3 Å². The Hall–Kier alpha value is -2.49. The van der Waals surface area contributed by atoms with Gasteiger partial charge in [0.2, 0.25) is 0 Å². The lowest BCUT2D eigenvalue weighted by atomic mass is 10.1. The van der Waals surface area contributed by atoms with Gasteiger partial charge < -0.3 is 15.4 Å². The van der Waals surface area contributed by atoms with Crippen LogP contribution in [0.15, 0.2) is 42.5 Å². The number of nitrogens with two attached hydrogens (primary N) is 1. The van der Waals surface area contributed by atoms with Crippen LogP contribution in [-0.2, 0) is 4.74 Å². The molecule has 2 rings (SSSR count). The predicted molar refractivity (Wildman–Crippen MR) is 81.4 cm³/mol. The monoisotopic (exact) mass is 270 g/mol. The van der Waals surface area contributed by atoms with Crippen molar-refractivity contribution < 1.29 is 9.53 Å². The van der Waals surface area contributed by atoms with Crippen LogP contribution in [-0.4, -0.2) is 20.1 Å². The van der Waals surface area contributed by atoms with E-state index in [1.807, 2.05) is 55.3 Å². The van der Waals surface area contributed by atoms with Crippen molar-refractivity contribution >= 4 is 23.0 Å². The zero-order valence-corrected chi connectivity index (χ0v) is 11.9. The van der Waals surface area contributed by atoms with Crippen LogP contribution in [0.5, 0.6) is 0 Å². The normalized spacial score (nSPS) is 10.2. The molecule has 104 valence electrons. The van der Waals surface area contributed by atoms with E-state index in [1.165, 1.54) is 7.11 Å². The number of esters is 1. The molecule has 0 amide bonds.